The van der Waals surface area contributed by atoms with E-state index in [1.165, 1.54) is 12.0 Å². The largest absolute Gasteiger partial charge is 0.497 e. The van der Waals surface area contributed by atoms with Crippen molar-refractivity contribution < 1.29 is 9.47 Å². The summed E-state index contributed by atoms with van der Waals surface area (Å²) in [6.07, 6.45) is 2.36. The van der Waals surface area contributed by atoms with E-state index in [1.54, 1.807) is 14.2 Å². The molecule has 0 bridgehead atoms. The number of hydrogen-bond acceptors (Lipinski definition) is 3. The summed E-state index contributed by atoms with van der Waals surface area (Å²) in [5, 5.41) is 3.39. The van der Waals surface area contributed by atoms with Gasteiger partial charge in [-0.1, -0.05) is 0 Å². The molecule has 1 aromatic rings. The Bertz CT molecular complexity index is 324. The number of rotatable bonds is 4. The fourth-order valence-corrected chi connectivity index (χ4v) is 2.21. The molecular formula is C13H19NO2. The summed E-state index contributed by atoms with van der Waals surface area (Å²) in [4.78, 5) is 0. The van der Waals surface area contributed by atoms with Gasteiger partial charge in [-0.05, 0) is 49.5 Å². The third-order valence-electron chi connectivity index (χ3n) is 3.10. The fourth-order valence-electron chi connectivity index (χ4n) is 2.21. The van der Waals surface area contributed by atoms with Crippen molar-refractivity contribution in [3.8, 4) is 11.5 Å². The standard InChI is InChI=1S/C13H19NO2/c1-15-12-6-11(7-13(8-12)16-2)5-10-3-4-14-9-10/h6-8,10,14H,3-5,9H2,1-2H3/t10-/m1/s1. The Morgan fingerprint density at radius 3 is 2.38 bits per heavy atom. The minimum absolute atomic E-state index is 0.747. The lowest BCUT2D eigenvalue weighted by Crippen LogP contribution is -2.10. The number of ether oxygens (including phenoxy) is 2. The van der Waals surface area contributed by atoms with Gasteiger partial charge in [-0.15, -0.1) is 0 Å². The first kappa shape index (κ1) is 11.3. The normalized spacial score (nSPS) is 19.8. The maximum atomic E-state index is 5.27. The number of methoxy groups -OCH3 is 2. The molecule has 0 aliphatic carbocycles. The molecule has 0 radical (unpaired) electrons. The molecule has 1 N–H and O–H groups in total. The molecule has 1 saturated heterocycles. The highest BCUT2D eigenvalue weighted by Crippen LogP contribution is 2.25. The van der Waals surface area contributed by atoms with Crippen LogP contribution in [0.4, 0.5) is 0 Å². The van der Waals surface area contributed by atoms with Crippen LogP contribution in [0.5, 0.6) is 11.5 Å². The highest BCUT2D eigenvalue weighted by molar-refractivity contribution is 5.38. The van der Waals surface area contributed by atoms with Crippen molar-refractivity contribution in [3.05, 3.63) is 23.8 Å². The Kier molecular flexibility index (Phi) is 3.67. The van der Waals surface area contributed by atoms with E-state index in [2.05, 4.69) is 17.4 Å². The van der Waals surface area contributed by atoms with Crippen LogP contribution in [0.15, 0.2) is 18.2 Å². The Hall–Kier alpha value is -1.22. The lowest BCUT2D eigenvalue weighted by Gasteiger charge is -2.11. The van der Waals surface area contributed by atoms with Crippen molar-refractivity contribution in [1.82, 2.24) is 5.32 Å². The van der Waals surface area contributed by atoms with E-state index in [1.807, 2.05) is 6.07 Å². The van der Waals surface area contributed by atoms with Gasteiger partial charge < -0.3 is 14.8 Å². The first-order chi connectivity index (χ1) is 7.81. The summed E-state index contributed by atoms with van der Waals surface area (Å²) in [5.41, 5.74) is 1.30. The summed E-state index contributed by atoms with van der Waals surface area (Å²) in [7, 11) is 3.38. The summed E-state index contributed by atoms with van der Waals surface area (Å²) in [6, 6.07) is 6.11. The zero-order valence-electron chi connectivity index (χ0n) is 9.95. The SMILES string of the molecule is COc1cc(C[C@H]2CCNC2)cc(OC)c1. The minimum Gasteiger partial charge on any atom is -0.497 e. The van der Waals surface area contributed by atoms with Crippen molar-refractivity contribution in [3.63, 3.8) is 0 Å². The molecule has 0 saturated carbocycles. The van der Waals surface area contributed by atoms with Gasteiger partial charge in [0.15, 0.2) is 0 Å². The molecule has 1 atom stereocenters. The van der Waals surface area contributed by atoms with Gasteiger partial charge in [0, 0.05) is 6.07 Å². The molecule has 3 nitrogen and oxygen atoms in total. The van der Waals surface area contributed by atoms with Crippen molar-refractivity contribution in [2.24, 2.45) is 5.92 Å². The molecule has 0 unspecified atom stereocenters. The summed E-state index contributed by atoms with van der Waals surface area (Å²) < 4.78 is 10.5. The fraction of sp³-hybridized carbons (Fsp3) is 0.538. The number of hydrogen-bond donors (Lipinski definition) is 1. The van der Waals surface area contributed by atoms with Gasteiger partial charge in [0.05, 0.1) is 14.2 Å². The molecule has 1 aromatic carbocycles. The van der Waals surface area contributed by atoms with E-state index in [0.29, 0.717) is 0 Å². The average Bonchev–Trinajstić information content (AvgIpc) is 2.81. The minimum atomic E-state index is 0.747. The van der Waals surface area contributed by atoms with Crippen molar-refractivity contribution >= 4 is 0 Å². The van der Waals surface area contributed by atoms with Crippen LogP contribution in [-0.4, -0.2) is 27.3 Å². The first-order valence-corrected chi connectivity index (χ1v) is 5.74. The Morgan fingerprint density at radius 2 is 1.88 bits per heavy atom. The monoisotopic (exact) mass is 221 g/mol. The van der Waals surface area contributed by atoms with Crippen molar-refractivity contribution in [2.75, 3.05) is 27.3 Å². The average molecular weight is 221 g/mol. The lowest BCUT2D eigenvalue weighted by molar-refractivity contribution is 0.392. The van der Waals surface area contributed by atoms with Crippen LogP contribution in [0.1, 0.15) is 12.0 Å². The Balaban J connectivity index is 2.12. The van der Waals surface area contributed by atoms with E-state index in [9.17, 15) is 0 Å². The van der Waals surface area contributed by atoms with E-state index in [-0.39, 0.29) is 0 Å². The molecule has 1 fully saturated rings. The maximum absolute atomic E-state index is 5.27. The Labute approximate surface area is 96.8 Å². The molecule has 1 heterocycles. The van der Waals surface area contributed by atoms with E-state index >= 15 is 0 Å². The topological polar surface area (TPSA) is 30.5 Å². The number of nitrogens with one attached hydrogen (secondary N) is 1. The van der Waals surface area contributed by atoms with Gasteiger partial charge in [0.1, 0.15) is 11.5 Å². The van der Waals surface area contributed by atoms with E-state index < -0.39 is 0 Å². The first-order valence-electron chi connectivity index (χ1n) is 5.74. The van der Waals surface area contributed by atoms with Gasteiger partial charge in [-0.2, -0.15) is 0 Å². The second kappa shape index (κ2) is 5.21. The second-order valence-electron chi connectivity index (χ2n) is 4.28. The maximum Gasteiger partial charge on any atom is 0.122 e. The van der Waals surface area contributed by atoms with Gasteiger partial charge in [0.25, 0.3) is 0 Å². The molecule has 0 amide bonds. The van der Waals surface area contributed by atoms with Crippen LogP contribution in [0.2, 0.25) is 0 Å². The zero-order chi connectivity index (χ0) is 11.4. The van der Waals surface area contributed by atoms with Crippen molar-refractivity contribution in [1.29, 1.82) is 0 Å². The molecule has 2 rings (SSSR count). The van der Waals surface area contributed by atoms with Crippen LogP contribution < -0.4 is 14.8 Å². The molecular weight excluding hydrogens is 202 g/mol. The molecule has 1 aliphatic rings. The predicted molar refractivity (Wildman–Crippen MR) is 64.2 cm³/mol. The predicted octanol–water partition coefficient (Wildman–Crippen LogP) is 1.86. The van der Waals surface area contributed by atoms with Crippen LogP contribution in [-0.2, 0) is 6.42 Å². The molecule has 0 aromatic heterocycles. The molecule has 88 valence electrons. The smallest absolute Gasteiger partial charge is 0.122 e. The summed E-state index contributed by atoms with van der Waals surface area (Å²) in [5.74, 6) is 2.50. The van der Waals surface area contributed by atoms with Crippen LogP contribution in [0.3, 0.4) is 0 Å². The summed E-state index contributed by atoms with van der Waals surface area (Å²) >= 11 is 0. The zero-order valence-corrected chi connectivity index (χ0v) is 9.95. The van der Waals surface area contributed by atoms with Crippen LogP contribution in [0, 0.1) is 5.92 Å². The molecule has 3 heteroatoms. The van der Waals surface area contributed by atoms with Gasteiger partial charge in [0.2, 0.25) is 0 Å². The molecule has 0 spiro atoms. The van der Waals surface area contributed by atoms with E-state index in [4.69, 9.17) is 9.47 Å². The third kappa shape index (κ3) is 2.67. The Morgan fingerprint density at radius 1 is 1.19 bits per heavy atom. The molecule has 1 aliphatic heterocycles. The molecule has 16 heavy (non-hydrogen) atoms. The highest BCUT2D eigenvalue weighted by Gasteiger charge is 2.15. The van der Waals surface area contributed by atoms with Crippen LogP contribution >= 0.6 is 0 Å². The van der Waals surface area contributed by atoms with Crippen molar-refractivity contribution in [2.45, 2.75) is 12.8 Å². The quantitative estimate of drug-likeness (QED) is 0.841. The third-order valence-corrected chi connectivity index (χ3v) is 3.10. The second-order valence-corrected chi connectivity index (χ2v) is 4.28. The lowest BCUT2D eigenvalue weighted by atomic mass is 9.98. The summed E-state index contributed by atoms with van der Waals surface area (Å²) in [6.45, 7) is 2.27. The highest BCUT2D eigenvalue weighted by atomic mass is 16.5. The van der Waals surface area contributed by atoms with E-state index in [0.717, 1.165) is 36.9 Å². The van der Waals surface area contributed by atoms with Gasteiger partial charge in [-0.25, -0.2) is 0 Å². The number of benzene rings is 1. The van der Waals surface area contributed by atoms with Gasteiger partial charge in [-0.3, -0.25) is 0 Å². The van der Waals surface area contributed by atoms with Crippen LogP contribution in [0.25, 0.3) is 0 Å². The van der Waals surface area contributed by atoms with Gasteiger partial charge >= 0.3 is 0 Å².